The number of nitrogens with one attached hydrogen (secondary N) is 2. The second-order valence-corrected chi connectivity index (χ2v) is 7.28. The molecule has 1 heterocycles. The molecular weight excluding hydrogens is 340 g/mol. The number of rotatable bonds is 5. The summed E-state index contributed by atoms with van der Waals surface area (Å²) in [6.07, 6.45) is 4.63. The van der Waals surface area contributed by atoms with Gasteiger partial charge in [-0.1, -0.05) is 31.0 Å². The molecule has 2 N–H and O–H groups in total. The molecule has 1 aliphatic rings. The summed E-state index contributed by atoms with van der Waals surface area (Å²) in [5, 5.41) is 8.02. The quantitative estimate of drug-likeness (QED) is 0.628. The first-order chi connectivity index (χ1) is 12.9. The molecule has 0 atom stereocenters. The molecule has 0 radical (unpaired) electrons. The largest absolute Gasteiger partial charge is 0.353 e. The predicted molar refractivity (Wildman–Crippen MR) is 107 cm³/mol. The molecule has 27 heavy (non-hydrogen) atoms. The number of nitrogens with zero attached hydrogens (tertiary/aromatic N) is 2. The first-order valence-electron chi connectivity index (χ1n) is 9.44. The molecule has 0 spiro atoms. The fourth-order valence-corrected chi connectivity index (χ4v) is 3.50. The first kappa shape index (κ1) is 19.0. The zero-order valence-electron chi connectivity index (χ0n) is 16.1. The molecule has 1 fully saturated rings. The zero-order valence-corrected chi connectivity index (χ0v) is 16.1. The summed E-state index contributed by atoms with van der Waals surface area (Å²) in [6.45, 7) is 5.55. The van der Waals surface area contributed by atoms with Crippen LogP contribution in [0.25, 0.3) is 10.9 Å². The lowest BCUT2D eigenvalue weighted by Gasteiger charge is -2.11. The number of pyridine rings is 1. The van der Waals surface area contributed by atoms with Crippen LogP contribution in [0.3, 0.4) is 0 Å². The van der Waals surface area contributed by atoms with Crippen molar-refractivity contribution in [3.63, 3.8) is 0 Å². The van der Waals surface area contributed by atoms with Gasteiger partial charge < -0.3 is 5.32 Å². The van der Waals surface area contributed by atoms with Crippen molar-refractivity contribution in [3.05, 3.63) is 41.1 Å². The van der Waals surface area contributed by atoms with Crippen LogP contribution in [-0.2, 0) is 4.79 Å². The van der Waals surface area contributed by atoms with Gasteiger partial charge in [-0.2, -0.15) is 5.10 Å². The number of benzene rings is 1. The van der Waals surface area contributed by atoms with Crippen molar-refractivity contribution in [2.45, 2.75) is 58.9 Å². The van der Waals surface area contributed by atoms with E-state index in [0.29, 0.717) is 17.0 Å². The Bertz CT molecular complexity index is 898. The minimum Gasteiger partial charge on any atom is -0.353 e. The summed E-state index contributed by atoms with van der Waals surface area (Å²) in [5.41, 5.74) is 6.23. The number of hydrogen-bond acceptors (Lipinski definition) is 4. The summed E-state index contributed by atoms with van der Waals surface area (Å²) >= 11 is 0. The topological polar surface area (TPSA) is 83.5 Å². The Morgan fingerprint density at radius 3 is 2.70 bits per heavy atom. The van der Waals surface area contributed by atoms with Gasteiger partial charge in [0, 0.05) is 17.1 Å². The van der Waals surface area contributed by atoms with Gasteiger partial charge in [0.05, 0.1) is 23.2 Å². The third-order valence-corrected chi connectivity index (χ3v) is 4.97. The Morgan fingerprint density at radius 2 is 1.96 bits per heavy atom. The number of carbonyl (C=O) groups is 2. The SMILES string of the molecule is C/C(CC(=O)NC1CCCC1)=N\NC(=O)c1cc2cccc(C)c2nc1C. The molecule has 2 amide bonds. The van der Waals surface area contributed by atoms with Crippen LogP contribution in [0, 0.1) is 13.8 Å². The normalized spacial score (nSPS) is 15.1. The van der Waals surface area contributed by atoms with E-state index in [-0.39, 0.29) is 24.3 Å². The molecule has 1 aliphatic carbocycles. The average molecular weight is 366 g/mol. The molecule has 2 aromatic rings. The smallest absolute Gasteiger partial charge is 0.273 e. The molecule has 142 valence electrons. The number of fused-ring (bicyclic) bond motifs is 1. The van der Waals surface area contributed by atoms with Crippen LogP contribution >= 0.6 is 0 Å². The van der Waals surface area contributed by atoms with E-state index in [4.69, 9.17) is 0 Å². The molecule has 1 aromatic carbocycles. The molecule has 1 aromatic heterocycles. The van der Waals surface area contributed by atoms with E-state index in [9.17, 15) is 9.59 Å². The number of para-hydroxylation sites is 1. The lowest BCUT2D eigenvalue weighted by atomic mass is 10.1. The van der Waals surface area contributed by atoms with Crippen molar-refractivity contribution in [1.29, 1.82) is 0 Å². The van der Waals surface area contributed by atoms with Crippen molar-refractivity contribution < 1.29 is 9.59 Å². The van der Waals surface area contributed by atoms with Crippen molar-refractivity contribution in [3.8, 4) is 0 Å². The standard InChI is InChI=1S/C21H26N4O2/c1-13-7-6-8-16-12-18(15(3)22-20(13)16)21(27)25-24-14(2)11-19(26)23-17-9-4-5-10-17/h6-8,12,17H,4-5,9-11H2,1-3H3,(H,23,26)(H,25,27)/b24-14+. The number of aryl methyl sites for hydroxylation is 2. The van der Waals surface area contributed by atoms with Gasteiger partial charge in [-0.3, -0.25) is 14.6 Å². The van der Waals surface area contributed by atoms with Gasteiger partial charge in [0.1, 0.15) is 0 Å². The number of hydrazone groups is 1. The van der Waals surface area contributed by atoms with E-state index >= 15 is 0 Å². The predicted octanol–water partition coefficient (Wildman–Crippen LogP) is 3.41. The van der Waals surface area contributed by atoms with Crippen LogP contribution in [-0.4, -0.2) is 28.6 Å². The van der Waals surface area contributed by atoms with Crippen LogP contribution in [0.4, 0.5) is 0 Å². The molecule has 6 nitrogen and oxygen atoms in total. The van der Waals surface area contributed by atoms with Crippen LogP contribution in [0.1, 0.15) is 60.6 Å². The van der Waals surface area contributed by atoms with Gasteiger partial charge in [-0.25, -0.2) is 5.43 Å². The molecule has 0 unspecified atom stereocenters. The number of hydrogen-bond donors (Lipinski definition) is 2. The fraction of sp³-hybridized carbons (Fsp3) is 0.429. The third kappa shape index (κ3) is 4.70. The fourth-order valence-electron chi connectivity index (χ4n) is 3.50. The second-order valence-electron chi connectivity index (χ2n) is 7.28. The lowest BCUT2D eigenvalue weighted by Crippen LogP contribution is -2.34. The Balaban J connectivity index is 1.64. The van der Waals surface area contributed by atoms with Crippen LogP contribution in [0.15, 0.2) is 29.4 Å². The monoisotopic (exact) mass is 366 g/mol. The molecule has 0 saturated heterocycles. The van der Waals surface area contributed by atoms with E-state index in [0.717, 1.165) is 29.3 Å². The molecule has 0 bridgehead atoms. The first-order valence-corrected chi connectivity index (χ1v) is 9.44. The Labute approximate surface area is 159 Å². The summed E-state index contributed by atoms with van der Waals surface area (Å²) in [4.78, 5) is 29.1. The van der Waals surface area contributed by atoms with Gasteiger partial charge >= 0.3 is 0 Å². The molecule has 1 saturated carbocycles. The summed E-state index contributed by atoms with van der Waals surface area (Å²) < 4.78 is 0. The van der Waals surface area contributed by atoms with Crippen molar-refractivity contribution in [2.24, 2.45) is 5.10 Å². The Hall–Kier alpha value is -2.76. The minimum absolute atomic E-state index is 0.0450. The van der Waals surface area contributed by atoms with Gasteiger partial charge in [0.2, 0.25) is 5.91 Å². The maximum Gasteiger partial charge on any atom is 0.273 e. The highest BCUT2D eigenvalue weighted by Gasteiger charge is 2.17. The average Bonchev–Trinajstić information content (AvgIpc) is 3.12. The number of aromatic nitrogens is 1. The Kier molecular flexibility index (Phi) is 5.84. The zero-order chi connectivity index (χ0) is 19.4. The van der Waals surface area contributed by atoms with Gasteiger partial charge in [0.15, 0.2) is 0 Å². The van der Waals surface area contributed by atoms with Crippen LogP contribution in [0.2, 0.25) is 0 Å². The number of carbonyl (C=O) groups excluding carboxylic acids is 2. The van der Waals surface area contributed by atoms with E-state index in [2.05, 4.69) is 20.8 Å². The highest BCUT2D eigenvalue weighted by molar-refractivity contribution is 6.02. The van der Waals surface area contributed by atoms with Crippen molar-refractivity contribution in [1.82, 2.24) is 15.7 Å². The summed E-state index contributed by atoms with van der Waals surface area (Å²) in [7, 11) is 0. The van der Waals surface area contributed by atoms with Gasteiger partial charge in [0.25, 0.3) is 5.91 Å². The summed E-state index contributed by atoms with van der Waals surface area (Å²) in [6, 6.07) is 8.00. The van der Waals surface area contributed by atoms with Gasteiger partial charge in [-0.05, 0) is 45.2 Å². The van der Waals surface area contributed by atoms with Gasteiger partial charge in [-0.15, -0.1) is 0 Å². The van der Waals surface area contributed by atoms with Crippen LogP contribution in [0.5, 0.6) is 0 Å². The number of amides is 2. The van der Waals surface area contributed by atoms with E-state index in [1.807, 2.05) is 38.1 Å². The van der Waals surface area contributed by atoms with Crippen LogP contribution < -0.4 is 10.7 Å². The summed E-state index contributed by atoms with van der Waals surface area (Å²) in [5.74, 6) is -0.365. The van der Waals surface area contributed by atoms with E-state index in [1.54, 1.807) is 6.92 Å². The van der Waals surface area contributed by atoms with E-state index < -0.39 is 0 Å². The highest BCUT2D eigenvalue weighted by Crippen LogP contribution is 2.20. The molecule has 3 rings (SSSR count). The third-order valence-electron chi connectivity index (χ3n) is 4.97. The van der Waals surface area contributed by atoms with Crippen molar-refractivity contribution >= 4 is 28.4 Å². The highest BCUT2D eigenvalue weighted by atomic mass is 16.2. The second kappa shape index (κ2) is 8.29. The molecular formula is C21H26N4O2. The maximum absolute atomic E-state index is 12.5. The maximum atomic E-state index is 12.5. The minimum atomic E-state index is -0.320. The van der Waals surface area contributed by atoms with Crippen molar-refractivity contribution in [2.75, 3.05) is 0 Å². The molecule has 0 aliphatic heterocycles. The molecule has 6 heteroatoms. The Morgan fingerprint density at radius 1 is 1.22 bits per heavy atom. The van der Waals surface area contributed by atoms with E-state index in [1.165, 1.54) is 12.8 Å². The lowest BCUT2D eigenvalue weighted by molar-refractivity contribution is -0.120.